The van der Waals surface area contributed by atoms with Crippen molar-refractivity contribution in [3.63, 3.8) is 0 Å². The van der Waals surface area contributed by atoms with E-state index in [2.05, 4.69) is 32.1 Å². The van der Waals surface area contributed by atoms with Crippen LogP contribution in [-0.4, -0.2) is 16.5 Å². The average Bonchev–Trinajstić information content (AvgIpc) is 2.71. The van der Waals surface area contributed by atoms with E-state index in [1.807, 2.05) is 6.07 Å². The molecular weight excluding hydrogens is 208 g/mol. The van der Waals surface area contributed by atoms with Crippen molar-refractivity contribution in [3.05, 3.63) is 34.7 Å². The number of hydrogen-bond donors (Lipinski definition) is 2. The fraction of sp³-hybridized carbons (Fsp3) is 0.200. The number of nitrogens with one attached hydrogen (secondary N) is 1. The number of thiophene rings is 1. The third-order valence-electron chi connectivity index (χ3n) is 1.97. The Hall–Kier alpha value is -1.62. The van der Waals surface area contributed by atoms with Gasteiger partial charge in [-0.3, -0.25) is 0 Å². The fourth-order valence-electron chi connectivity index (χ4n) is 1.24. The highest BCUT2D eigenvalue weighted by Gasteiger charge is 1.96. The normalized spacial score (nSPS) is 10.1. The van der Waals surface area contributed by atoms with E-state index in [4.69, 9.17) is 5.73 Å². The molecule has 2 rings (SSSR count). The molecule has 2 heterocycles. The molecule has 0 amide bonds. The zero-order valence-corrected chi connectivity index (χ0v) is 9.00. The Morgan fingerprint density at radius 3 is 3.07 bits per heavy atom. The van der Waals surface area contributed by atoms with Crippen LogP contribution in [0, 0.1) is 0 Å². The van der Waals surface area contributed by atoms with Crippen LogP contribution in [0.2, 0.25) is 0 Å². The molecule has 0 aliphatic carbocycles. The highest BCUT2D eigenvalue weighted by molar-refractivity contribution is 7.07. The molecule has 2 aromatic rings. The smallest absolute Gasteiger partial charge is 0.221 e. The molecule has 0 aromatic carbocycles. The molecule has 0 aliphatic rings. The van der Waals surface area contributed by atoms with Crippen LogP contribution in [0.4, 0.5) is 11.8 Å². The lowest BCUT2D eigenvalue weighted by Crippen LogP contribution is -2.07. The van der Waals surface area contributed by atoms with E-state index in [1.165, 1.54) is 5.56 Å². The molecule has 0 bridgehead atoms. The summed E-state index contributed by atoms with van der Waals surface area (Å²) in [6.45, 7) is 0.854. The fourth-order valence-corrected chi connectivity index (χ4v) is 1.95. The molecular formula is C10H12N4S. The van der Waals surface area contributed by atoms with Gasteiger partial charge < -0.3 is 11.1 Å². The molecule has 78 valence electrons. The van der Waals surface area contributed by atoms with Crippen molar-refractivity contribution >= 4 is 23.1 Å². The van der Waals surface area contributed by atoms with Crippen LogP contribution in [0.1, 0.15) is 5.56 Å². The van der Waals surface area contributed by atoms with Crippen molar-refractivity contribution in [3.8, 4) is 0 Å². The third kappa shape index (κ3) is 2.92. The van der Waals surface area contributed by atoms with Gasteiger partial charge in [-0.15, -0.1) is 0 Å². The lowest BCUT2D eigenvalue weighted by Gasteiger charge is -2.04. The number of nitrogen functional groups attached to an aromatic ring is 1. The molecule has 0 unspecified atom stereocenters. The average molecular weight is 220 g/mol. The SMILES string of the molecule is Nc1nccc(NCCc2ccsc2)n1. The first-order valence-electron chi connectivity index (χ1n) is 4.68. The van der Waals surface area contributed by atoms with Gasteiger partial charge in [-0.25, -0.2) is 4.98 Å². The minimum absolute atomic E-state index is 0.301. The summed E-state index contributed by atoms with van der Waals surface area (Å²) < 4.78 is 0. The van der Waals surface area contributed by atoms with E-state index in [0.29, 0.717) is 5.95 Å². The second kappa shape index (κ2) is 4.75. The number of nitrogens with two attached hydrogens (primary N) is 1. The van der Waals surface area contributed by atoms with Crippen LogP contribution >= 0.6 is 11.3 Å². The summed E-state index contributed by atoms with van der Waals surface area (Å²) in [7, 11) is 0. The molecule has 0 saturated carbocycles. The van der Waals surface area contributed by atoms with Gasteiger partial charge in [0.15, 0.2) is 0 Å². The molecule has 3 N–H and O–H groups in total. The van der Waals surface area contributed by atoms with Crippen molar-refractivity contribution < 1.29 is 0 Å². The highest BCUT2D eigenvalue weighted by Crippen LogP contribution is 2.07. The Kier molecular flexibility index (Phi) is 3.14. The van der Waals surface area contributed by atoms with E-state index >= 15 is 0 Å². The third-order valence-corrected chi connectivity index (χ3v) is 2.71. The molecule has 2 aromatic heterocycles. The number of hydrogen-bond acceptors (Lipinski definition) is 5. The maximum absolute atomic E-state index is 5.46. The molecule has 0 saturated heterocycles. The van der Waals surface area contributed by atoms with Crippen LogP contribution < -0.4 is 11.1 Å². The van der Waals surface area contributed by atoms with Crippen molar-refractivity contribution in [2.75, 3.05) is 17.6 Å². The van der Waals surface area contributed by atoms with Gasteiger partial charge in [0, 0.05) is 12.7 Å². The standard InChI is InChI=1S/C10H12N4S/c11-10-13-5-2-9(14-10)12-4-1-8-3-6-15-7-8/h2-3,5-7H,1,4H2,(H3,11,12,13,14). The topological polar surface area (TPSA) is 63.8 Å². The minimum atomic E-state index is 0.301. The molecule has 4 nitrogen and oxygen atoms in total. The van der Waals surface area contributed by atoms with E-state index in [1.54, 1.807) is 17.5 Å². The lowest BCUT2D eigenvalue weighted by atomic mass is 10.2. The van der Waals surface area contributed by atoms with Crippen molar-refractivity contribution in [2.45, 2.75) is 6.42 Å². The van der Waals surface area contributed by atoms with Gasteiger partial charge in [0.05, 0.1) is 0 Å². The minimum Gasteiger partial charge on any atom is -0.370 e. The zero-order chi connectivity index (χ0) is 10.5. The summed E-state index contributed by atoms with van der Waals surface area (Å²) in [6.07, 6.45) is 2.64. The molecule has 15 heavy (non-hydrogen) atoms. The maximum atomic E-state index is 5.46. The predicted molar refractivity (Wildman–Crippen MR) is 63.0 cm³/mol. The van der Waals surface area contributed by atoms with Gasteiger partial charge >= 0.3 is 0 Å². The molecule has 0 atom stereocenters. The number of nitrogens with zero attached hydrogens (tertiary/aromatic N) is 2. The summed E-state index contributed by atoms with van der Waals surface area (Å²) in [6, 6.07) is 3.94. The van der Waals surface area contributed by atoms with Crippen LogP contribution in [0.25, 0.3) is 0 Å². The molecule has 0 radical (unpaired) electrons. The maximum Gasteiger partial charge on any atom is 0.221 e. The first-order chi connectivity index (χ1) is 7.34. The Morgan fingerprint density at radius 1 is 1.40 bits per heavy atom. The first kappa shape index (κ1) is 9.92. The van der Waals surface area contributed by atoms with Crippen LogP contribution in [0.15, 0.2) is 29.1 Å². The largest absolute Gasteiger partial charge is 0.370 e. The molecule has 0 aliphatic heterocycles. The monoisotopic (exact) mass is 220 g/mol. The van der Waals surface area contributed by atoms with E-state index in [9.17, 15) is 0 Å². The first-order valence-corrected chi connectivity index (χ1v) is 5.62. The Labute approximate surface area is 92.2 Å². The van der Waals surface area contributed by atoms with E-state index in [0.717, 1.165) is 18.8 Å². The predicted octanol–water partition coefficient (Wildman–Crippen LogP) is 1.77. The Bertz CT molecular complexity index is 413. The zero-order valence-electron chi connectivity index (χ0n) is 8.18. The summed E-state index contributed by atoms with van der Waals surface area (Å²) in [5.41, 5.74) is 6.81. The van der Waals surface area contributed by atoms with Crippen LogP contribution in [-0.2, 0) is 6.42 Å². The van der Waals surface area contributed by atoms with Gasteiger partial charge in [-0.1, -0.05) is 0 Å². The van der Waals surface area contributed by atoms with Gasteiger partial charge in [0.1, 0.15) is 5.82 Å². The lowest BCUT2D eigenvalue weighted by molar-refractivity contribution is 1.01. The summed E-state index contributed by atoms with van der Waals surface area (Å²) in [5, 5.41) is 7.43. The van der Waals surface area contributed by atoms with Gasteiger partial charge in [0.2, 0.25) is 5.95 Å². The van der Waals surface area contributed by atoms with E-state index < -0.39 is 0 Å². The highest BCUT2D eigenvalue weighted by atomic mass is 32.1. The second-order valence-electron chi connectivity index (χ2n) is 3.11. The molecule has 0 fully saturated rings. The van der Waals surface area contributed by atoms with Gasteiger partial charge in [-0.05, 0) is 34.9 Å². The number of rotatable bonds is 4. The van der Waals surface area contributed by atoms with Crippen molar-refractivity contribution in [1.82, 2.24) is 9.97 Å². The van der Waals surface area contributed by atoms with Gasteiger partial charge in [-0.2, -0.15) is 16.3 Å². The van der Waals surface area contributed by atoms with Crippen LogP contribution in [0.5, 0.6) is 0 Å². The van der Waals surface area contributed by atoms with Crippen molar-refractivity contribution in [1.29, 1.82) is 0 Å². The van der Waals surface area contributed by atoms with Gasteiger partial charge in [0.25, 0.3) is 0 Å². The Morgan fingerprint density at radius 2 is 2.33 bits per heavy atom. The Balaban J connectivity index is 1.83. The number of anilines is 2. The molecule has 5 heteroatoms. The summed E-state index contributed by atoms with van der Waals surface area (Å²) in [4.78, 5) is 7.88. The number of aromatic nitrogens is 2. The van der Waals surface area contributed by atoms with Crippen molar-refractivity contribution in [2.24, 2.45) is 0 Å². The summed E-state index contributed by atoms with van der Waals surface area (Å²) in [5.74, 6) is 1.08. The quantitative estimate of drug-likeness (QED) is 0.824. The second-order valence-corrected chi connectivity index (χ2v) is 3.89. The van der Waals surface area contributed by atoms with E-state index in [-0.39, 0.29) is 0 Å². The van der Waals surface area contributed by atoms with Crippen LogP contribution in [0.3, 0.4) is 0 Å². The summed E-state index contributed by atoms with van der Waals surface area (Å²) >= 11 is 1.71. The molecule has 0 spiro atoms.